The molecule has 1 aliphatic rings. The summed E-state index contributed by atoms with van der Waals surface area (Å²) in [6.45, 7) is 1.28. The number of para-hydroxylation sites is 1. The highest BCUT2D eigenvalue weighted by Gasteiger charge is 2.19. The molecular weight excluding hydrogens is 388 g/mol. The number of hydrogen-bond donors (Lipinski definition) is 2. The number of benzene rings is 2. The van der Waals surface area contributed by atoms with Crippen molar-refractivity contribution < 1.29 is 9.53 Å². The summed E-state index contributed by atoms with van der Waals surface area (Å²) >= 11 is 1.49. The summed E-state index contributed by atoms with van der Waals surface area (Å²) in [5, 5.41) is 10.2. The standard InChI is InChI=1S/C21H22N4O3S/c26-19(22-17-5-2-1-3-6-17)16-10-8-15(9-11-16)14-29-21-24-23-20(27)25(21)13-18-7-4-12-28-18/h1-3,5-6,8-11,18H,4,7,12-14H2,(H,22,26)(H,23,27)/t18-/m1/s1. The van der Waals surface area contributed by atoms with Gasteiger partial charge in [0.1, 0.15) is 0 Å². The van der Waals surface area contributed by atoms with E-state index in [-0.39, 0.29) is 17.7 Å². The molecule has 2 heterocycles. The first-order chi connectivity index (χ1) is 14.2. The zero-order valence-corrected chi connectivity index (χ0v) is 16.7. The summed E-state index contributed by atoms with van der Waals surface area (Å²) in [4.78, 5) is 24.4. The Labute approximate surface area is 172 Å². The lowest BCUT2D eigenvalue weighted by molar-refractivity contribution is 0.0941. The average Bonchev–Trinajstić information content (AvgIpc) is 3.38. The van der Waals surface area contributed by atoms with Gasteiger partial charge in [0, 0.05) is 23.6 Å². The zero-order chi connectivity index (χ0) is 20.1. The molecule has 0 unspecified atom stereocenters. The number of nitrogens with zero attached hydrogens (tertiary/aromatic N) is 2. The molecule has 4 rings (SSSR count). The number of H-pyrrole nitrogens is 1. The Morgan fingerprint density at radius 2 is 2.00 bits per heavy atom. The molecule has 1 fully saturated rings. The SMILES string of the molecule is O=C(Nc1ccccc1)c1ccc(CSc2n[nH]c(=O)n2C[C@H]2CCCO2)cc1. The summed E-state index contributed by atoms with van der Waals surface area (Å²) in [5.74, 6) is 0.504. The molecule has 8 heteroatoms. The quantitative estimate of drug-likeness (QED) is 0.584. The van der Waals surface area contributed by atoms with Crippen molar-refractivity contribution in [3.05, 3.63) is 76.2 Å². The van der Waals surface area contributed by atoms with Gasteiger partial charge in [-0.3, -0.25) is 9.36 Å². The molecule has 3 aromatic rings. The van der Waals surface area contributed by atoms with Gasteiger partial charge in [0.25, 0.3) is 5.91 Å². The Bertz CT molecular complexity index is 1010. The maximum atomic E-state index is 12.3. The molecule has 1 saturated heterocycles. The van der Waals surface area contributed by atoms with Crippen molar-refractivity contribution in [1.29, 1.82) is 0 Å². The summed E-state index contributed by atoms with van der Waals surface area (Å²) in [6.07, 6.45) is 2.07. The van der Waals surface area contributed by atoms with Crippen molar-refractivity contribution in [3.63, 3.8) is 0 Å². The molecule has 7 nitrogen and oxygen atoms in total. The topological polar surface area (TPSA) is 89.0 Å². The van der Waals surface area contributed by atoms with Crippen LogP contribution in [0.1, 0.15) is 28.8 Å². The van der Waals surface area contributed by atoms with Gasteiger partial charge in [0.2, 0.25) is 0 Å². The lowest BCUT2D eigenvalue weighted by atomic mass is 10.1. The van der Waals surface area contributed by atoms with Crippen molar-refractivity contribution in [2.24, 2.45) is 0 Å². The van der Waals surface area contributed by atoms with Crippen LogP contribution in [0.2, 0.25) is 0 Å². The van der Waals surface area contributed by atoms with Crippen LogP contribution in [0.3, 0.4) is 0 Å². The van der Waals surface area contributed by atoms with Crippen LogP contribution < -0.4 is 11.0 Å². The van der Waals surface area contributed by atoms with Crippen molar-refractivity contribution in [2.45, 2.75) is 36.4 Å². The monoisotopic (exact) mass is 410 g/mol. The molecule has 150 valence electrons. The van der Waals surface area contributed by atoms with Crippen LogP contribution in [0.5, 0.6) is 0 Å². The largest absolute Gasteiger partial charge is 0.376 e. The Kier molecular flexibility index (Phi) is 6.12. The third kappa shape index (κ3) is 4.96. The van der Waals surface area contributed by atoms with Crippen molar-refractivity contribution in [3.8, 4) is 0 Å². The number of anilines is 1. The molecule has 0 saturated carbocycles. The van der Waals surface area contributed by atoms with Crippen LogP contribution >= 0.6 is 11.8 Å². The van der Waals surface area contributed by atoms with Crippen LogP contribution in [-0.4, -0.2) is 33.4 Å². The van der Waals surface area contributed by atoms with Gasteiger partial charge >= 0.3 is 5.69 Å². The number of carbonyl (C=O) groups is 1. The number of aromatic nitrogens is 3. The first-order valence-corrected chi connectivity index (χ1v) is 10.5. The van der Waals surface area contributed by atoms with Gasteiger partial charge in [-0.25, -0.2) is 9.89 Å². The van der Waals surface area contributed by atoms with E-state index in [1.54, 1.807) is 16.7 Å². The summed E-state index contributed by atoms with van der Waals surface area (Å²) in [5.41, 5.74) is 2.19. The van der Waals surface area contributed by atoms with Gasteiger partial charge in [-0.2, -0.15) is 0 Å². The normalized spacial score (nSPS) is 16.1. The smallest absolute Gasteiger partial charge is 0.344 e. The molecule has 0 spiro atoms. The third-order valence-electron chi connectivity index (χ3n) is 4.75. The average molecular weight is 410 g/mol. The van der Waals surface area contributed by atoms with Crippen LogP contribution in [0, 0.1) is 0 Å². The van der Waals surface area contributed by atoms with E-state index in [1.165, 1.54) is 11.8 Å². The summed E-state index contributed by atoms with van der Waals surface area (Å²) < 4.78 is 7.27. The predicted molar refractivity (Wildman–Crippen MR) is 112 cm³/mol. The van der Waals surface area contributed by atoms with Crippen LogP contribution in [0.15, 0.2) is 64.5 Å². The molecule has 29 heavy (non-hydrogen) atoms. The minimum atomic E-state index is -0.212. The van der Waals surface area contributed by atoms with Crippen LogP contribution in [0.4, 0.5) is 5.69 Å². The zero-order valence-electron chi connectivity index (χ0n) is 15.8. The number of hydrogen-bond acceptors (Lipinski definition) is 5. The van der Waals surface area contributed by atoms with E-state index in [0.717, 1.165) is 30.7 Å². The van der Waals surface area contributed by atoms with Crippen LogP contribution in [0.25, 0.3) is 0 Å². The van der Waals surface area contributed by atoms with E-state index >= 15 is 0 Å². The van der Waals surface area contributed by atoms with Gasteiger partial charge in [0.05, 0.1) is 12.6 Å². The van der Waals surface area contributed by atoms with E-state index in [0.29, 0.717) is 23.0 Å². The van der Waals surface area contributed by atoms with E-state index in [1.807, 2.05) is 42.5 Å². The number of rotatable bonds is 7. The maximum Gasteiger partial charge on any atom is 0.344 e. The summed E-state index contributed by atoms with van der Waals surface area (Å²) in [6, 6.07) is 16.8. The second-order valence-corrected chi connectivity index (χ2v) is 7.81. The van der Waals surface area contributed by atoms with Crippen molar-refractivity contribution in [1.82, 2.24) is 14.8 Å². The Morgan fingerprint density at radius 3 is 2.72 bits per heavy atom. The number of thioether (sulfide) groups is 1. The van der Waals surface area contributed by atoms with Crippen molar-refractivity contribution in [2.75, 3.05) is 11.9 Å². The van der Waals surface area contributed by atoms with Crippen LogP contribution in [-0.2, 0) is 17.0 Å². The highest BCUT2D eigenvalue weighted by atomic mass is 32.2. The molecule has 1 atom stereocenters. The molecule has 2 aromatic carbocycles. The first kappa shape index (κ1) is 19.5. The fraction of sp³-hybridized carbons (Fsp3) is 0.286. The number of aromatic amines is 1. The Balaban J connectivity index is 1.36. The molecule has 0 radical (unpaired) electrons. The second kappa shape index (κ2) is 9.11. The third-order valence-corrected chi connectivity index (χ3v) is 5.80. The molecule has 1 amide bonds. The predicted octanol–water partition coefficient (Wildman–Crippen LogP) is 3.30. The van der Waals surface area contributed by atoms with Crippen molar-refractivity contribution >= 4 is 23.4 Å². The van der Waals surface area contributed by atoms with Gasteiger partial charge in [-0.15, -0.1) is 5.10 Å². The molecule has 1 aromatic heterocycles. The van der Waals surface area contributed by atoms with Gasteiger partial charge in [0.15, 0.2) is 5.16 Å². The highest BCUT2D eigenvalue weighted by molar-refractivity contribution is 7.98. The number of amides is 1. The van der Waals surface area contributed by atoms with E-state index in [2.05, 4.69) is 15.5 Å². The second-order valence-electron chi connectivity index (χ2n) is 6.86. The number of ether oxygens (including phenoxy) is 1. The van der Waals surface area contributed by atoms with Gasteiger partial charge in [-0.05, 0) is 42.7 Å². The summed E-state index contributed by atoms with van der Waals surface area (Å²) in [7, 11) is 0. The van der Waals surface area contributed by atoms with Gasteiger partial charge in [-0.1, -0.05) is 42.1 Å². The number of carbonyl (C=O) groups excluding carboxylic acids is 1. The minimum Gasteiger partial charge on any atom is -0.376 e. The molecule has 0 bridgehead atoms. The minimum absolute atomic E-state index is 0.0760. The van der Waals surface area contributed by atoms with Gasteiger partial charge < -0.3 is 10.1 Å². The lowest BCUT2D eigenvalue weighted by Crippen LogP contribution is -2.24. The van der Waals surface area contributed by atoms with E-state index in [4.69, 9.17) is 4.74 Å². The highest BCUT2D eigenvalue weighted by Crippen LogP contribution is 2.22. The number of nitrogens with one attached hydrogen (secondary N) is 2. The van der Waals surface area contributed by atoms with E-state index in [9.17, 15) is 9.59 Å². The Hall–Kier alpha value is -2.84. The maximum absolute atomic E-state index is 12.3. The molecule has 1 aliphatic heterocycles. The first-order valence-electron chi connectivity index (χ1n) is 9.54. The fourth-order valence-electron chi connectivity index (χ4n) is 3.19. The molecule has 2 N–H and O–H groups in total. The fourth-order valence-corrected chi connectivity index (χ4v) is 4.10. The Morgan fingerprint density at radius 1 is 1.21 bits per heavy atom. The molecule has 0 aliphatic carbocycles. The lowest BCUT2D eigenvalue weighted by Gasteiger charge is -2.11. The molecular formula is C21H22N4O3S. The van der Waals surface area contributed by atoms with E-state index < -0.39 is 0 Å².